The molecule has 0 amide bonds. The van der Waals surface area contributed by atoms with E-state index in [1.54, 1.807) is 18.2 Å². The van der Waals surface area contributed by atoms with Gasteiger partial charge < -0.3 is 9.84 Å². The number of rotatable bonds is 2. The Morgan fingerprint density at radius 1 is 1.11 bits per heavy atom. The molecule has 0 radical (unpaired) electrons. The Morgan fingerprint density at radius 2 is 1.72 bits per heavy atom. The summed E-state index contributed by atoms with van der Waals surface area (Å²) < 4.78 is 18.3. The van der Waals surface area contributed by atoms with Crippen LogP contribution in [0.5, 0.6) is 11.5 Å². The molecule has 94 valence electrons. The van der Waals surface area contributed by atoms with Gasteiger partial charge >= 0.3 is 0 Å². The average Bonchev–Trinajstić information content (AvgIpc) is 2.33. The van der Waals surface area contributed by atoms with E-state index in [0.29, 0.717) is 21.2 Å². The smallest absolute Gasteiger partial charge is 0.194 e. The Balaban J connectivity index is 2.76. The van der Waals surface area contributed by atoms with Crippen molar-refractivity contribution in [3.05, 3.63) is 46.2 Å². The molecular weight excluding hydrogens is 278 g/mol. The molecule has 0 saturated heterocycles. The van der Waals surface area contributed by atoms with Gasteiger partial charge in [0, 0.05) is 11.1 Å². The Labute approximate surface area is 114 Å². The Morgan fingerprint density at radius 3 is 2.28 bits per heavy atom. The highest BCUT2D eigenvalue weighted by Crippen LogP contribution is 2.44. The number of halogens is 3. The van der Waals surface area contributed by atoms with Gasteiger partial charge in [0.1, 0.15) is 0 Å². The van der Waals surface area contributed by atoms with Crippen LogP contribution in [0.4, 0.5) is 4.39 Å². The van der Waals surface area contributed by atoms with Crippen LogP contribution in [0.2, 0.25) is 10.0 Å². The van der Waals surface area contributed by atoms with Crippen LogP contribution in [0.25, 0.3) is 11.1 Å². The summed E-state index contributed by atoms with van der Waals surface area (Å²) in [5.41, 5.74) is 0.931. The number of aromatic hydroxyl groups is 1. The molecule has 2 rings (SSSR count). The van der Waals surface area contributed by atoms with Crippen molar-refractivity contribution in [2.75, 3.05) is 7.11 Å². The summed E-state index contributed by atoms with van der Waals surface area (Å²) in [6.45, 7) is 0. The molecule has 0 aromatic heterocycles. The number of hydrogen-bond donors (Lipinski definition) is 1. The Hall–Kier alpha value is -1.45. The second-order valence-electron chi connectivity index (χ2n) is 3.57. The topological polar surface area (TPSA) is 29.5 Å². The molecule has 0 heterocycles. The average molecular weight is 287 g/mol. The normalized spacial score (nSPS) is 10.4. The van der Waals surface area contributed by atoms with Gasteiger partial charge in [-0.15, -0.1) is 0 Å². The van der Waals surface area contributed by atoms with E-state index in [2.05, 4.69) is 0 Å². The zero-order chi connectivity index (χ0) is 13.3. The van der Waals surface area contributed by atoms with Crippen molar-refractivity contribution >= 4 is 23.2 Å². The van der Waals surface area contributed by atoms with E-state index in [4.69, 9.17) is 27.9 Å². The van der Waals surface area contributed by atoms with Crippen LogP contribution in [0, 0.1) is 5.82 Å². The molecule has 0 aliphatic carbocycles. The number of phenols is 1. The van der Waals surface area contributed by atoms with Crippen molar-refractivity contribution in [1.82, 2.24) is 0 Å². The van der Waals surface area contributed by atoms with Gasteiger partial charge in [0.2, 0.25) is 0 Å². The van der Waals surface area contributed by atoms with Crippen molar-refractivity contribution in [3.8, 4) is 22.6 Å². The van der Waals surface area contributed by atoms with Crippen LogP contribution < -0.4 is 4.74 Å². The predicted molar refractivity (Wildman–Crippen MR) is 70.1 cm³/mol. The van der Waals surface area contributed by atoms with E-state index >= 15 is 0 Å². The molecule has 0 spiro atoms. The molecule has 2 aromatic rings. The highest BCUT2D eigenvalue weighted by Gasteiger charge is 2.18. The first-order chi connectivity index (χ1) is 8.56. The maximum absolute atomic E-state index is 13.3. The van der Waals surface area contributed by atoms with Gasteiger partial charge in [-0.2, -0.15) is 0 Å². The third-order valence-electron chi connectivity index (χ3n) is 2.52. The minimum atomic E-state index is -0.765. The number of methoxy groups -OCH3 is 1. The van der Waals surface area contributed by atoms with E-state index in [1.807, 2.05) is 0 Å². The molecule has 1 N–H and O–H groups in total. The van der Waals surface area contributed by atoms with Crippen molar-refractivity contribution in [2.24, 2.45) is 0 Å². The third-order valence-corrected chi connectivity index (χ3v) is 3.15. The van der Waals surface area contributed by atoms with Crippen molar-refractivity contribution < 1.29 is 14.2 Å². The van der Waals surface area contributed by atoms with Crippen LogP contribution in [-0.2, 0) is 0 Å². The molecule has 0 bridgehead atoms. The van der Waals surface area contributed by atoms with E-state index in [-0.39, 0.29) is 5.75 Å². The second-order valence-corrected chi connectivity index (χ2v) is 4.39. The minimum absolute atomic E-state index is 0.00463. The van der Waals surface area contributed by atoms with Gasteiger partial charge in [-0.05, 0) is 24.3 Å². The molecule has 0 aliphatic rings. The van der Waals surface area contributed by atoms with Crippen molar-refractivity contribution in [1.29, 1.82) is 0 Å². The lowest BCUT2D eigenvalue weighted by atomic mass is 10.0. The number of benzene rings is 2. The first-order valence-corrected chi connectivity index (χ1v) is 5.81. The molecule has 0 fully saturated rings. The van der Waals surface area contributed by atoms with Gasteiger partial charge in [0.15, 0.2) is 17.3 Å². The molecule has 2 aromatic carbocycles. The minimum Gasteiger partial charge on any atom is -0.502 e. The van der Waals surface area contributed by atoms with Crippen molar-refractivity contribution in [3.63, 3.8) is 0 Å². The summed E-state index contributed by atoms with van der Waals surface area (Å²) in [6.07, 6.45) is 0. The lowest BCUT2D eigenvalue weighted by molar-refractivity contribution is 0.358. The van der Waals surface area contributed by atoms with E-state index in [9.17, 15) is 9.50 Å². The molecule has 0 saturated carbocycles. The zero-order valence-corrected chi connectivity index (χ0v) is 10.9. The van der Waals surface area contributed by atoms with Gasteiger partial charge in [0.25, 0.3) is 0 Å². The molecular formula is C13H9Cl2FO2. The summed E-state index contributed by atoms with van der Waals surface area (Å²) >= 11 is 12.1. The zero-order valence-electron chi connectivity index (χ0n) is 9.38. The number of phenolic OH excluding ortho intramolecular Hbond substituents is 1. The molecule has 5 heteroatoms. The van der Waals surface area contributed by atoms with Gasteiger partial charge in [-0.3, -0.25) is 0 Å². The fraction of sp³-hybridized carbons (Fsp3) is 0.0769. The van der Waals surface area contributed by atoms with Crippen molar-refractivity contribution in [2.45, 2.75) is 0 Å². The molecule has 0 aliphatic heterocycles. The van der Waals surface area contributed by atoms with Crippen LogP contribution in [0.3, 0.4) is 0 Å². The standard InChI is InChI=1S/C13H9Cl2FO2/c1-18-13-7(5-6-10(16)12(13)17)11-8(14)3-2-4-9(11)15/h2-6,17H,1H3. The monoisotopic (exact) mass is 286 g/mol. The SMILES string of the molecule is COc1c(-c2c(Cl)cccc2Cl)ccc(F)c1O. The van der Waals surface area contributed by atoms with Crippen LogP contribution in [0.15, 0.2) is 30.3 Å². The van der Waals surface area contributed by atoms with Crippen LogP contribution in [-0.4, -0.2) is 12.2 Å². The number of hydrogen-bond acceptors (Lipinski definition) is 2. The fourth-order valence-corrected chi connectivity index (χ4v) is 2.31. The molecule has 2 nitrogen and oxygen atoms in total. The third kappa shape index (κ3) is 2.11. The first-order valence-electron chi connectivity index (χ1n) is 5.06. The van der Waals surface area contributed by atoms with Crippen LogP contribution in [0.1, 0.15) is 0 Å². The molecule has 0 unspecified atom stereocenters. The molecule has 0 atom stereocenters. The first kappa shape index (κ1) is 13.0. The summed E-state index contributed by atoms with van der Waals surface area (Å²) in [4.78, 5) is 0. The quantitative estimate of drug-likeness (QED) is 0.880. The lowest BCUT2D eigenvalue weighted by Gasteiger charge is -2.13. The fourth-order valence-electron chi connectivity index (χ4n) is 1.71. The van der Waals surface area contributed by atoms with E-state index < -0.39 is 11.6 Å². The summed E-state index contributed by atoms with van der Waals surface area (Å²) in [6, 6.07) is 7.60. The highest BCUT2D eigenvalue weighted by atomic mass is 35.5. The largest absolute Gasteiger partial charge is 0.502 e. The van der Waals surface area contributed by atoms with E-state index in [1.165, 1.54) is 13.2 Å². The van der Waals surface area contributed by atoms with Crippen LogP contribution >= 0.6 is 23.2 Å². The maximum atomic E-state index is 13.3. The summed E-state index contributed by atoms with van der Waals surface area (Å²) in [7, 11) is 1.34. The highest BCUT2D eigenvalue weighted by molar-refractivity contribution is 6.39. The van der Waals surface area contributed by atoms with Gasteiger partial charge in [0.05, 0.1) is 17.2 Å². The maximum Gasteiger partial charge on any atom is 0.194 e. The lowest BCUT2D eigenvalue weighted by Crippen LogP contribution is -1.92. The Bertz CT molecular complexity index is 580. The number of ether oxygens (including phenoxy) is 1. The molecule has 18 heavy (non-hydrogen) atoms. The van der Waals surface area contributed by atoms with Gasteiger partial charge in [-0.25, -0.2) is 4.39 Å². The summed E-state index contributed by atoms with van der Waals surface area (Å²) in [5, 5.41) is 10.4. The second kappa shape index (κ2) is 5.04. The summed E-state index contributed by atoms with van der Waals surface area (Å²) in [5.74, 6) is -1.32. The Kier molecular flexibility index (Phi) is 3.64. The van der Waals surface area contributed by atoms with Gasteiger partial charge in [-0.1, -0.05) is 29.3 Å². The predicted octanol–water partition coefficient (Wildman–Crippen LogP) is 4.51. The van der Waals surface area contributed by atoms with E-state index in [0.717, 1.165) is 6.07 Å².